The molecule has 0 bridgehead atoms. The second kappa shape index (κ2) is 11.1. The predicted octanol–water partition coefficient (Wildman–Crippen LogP) is 2.80. The zero-order valence-corrected chi connectivity index (χ0v) is 20.8. The van der Waals surface area contributed by atoms with Gasteiger partial charge in [0.25, 0.3) is 17.8 Å². The Balaban J connectivity index is 1.28. The van der Waals surface area contributed by atoms with E-state index in [1.807, 2.05) is 0 Å². The second-order valence-corrected chi connectivity index (χ2v) is 9.40. The minimum absolute atomic E-state index is 0.0490. The van der Waals surface area contributed by atoms with Crippen LogP contribution in [0, 0.1) is 0 Å². The first-order chi connectivity index (χ1) is 18.1. The molecule has 0 saturated carbocycles. The van der Waals surface area contributed by atoms with E-state index in [0.29, 0.717) is 40.1 Å². The maximum absolute atomic E-state index is 13.1. The summed E-state index contributed by atoms with van der Waals surface area (Å²) in [7, 11) is 1.61. The summed E-state index contributed by atoms with van der Waals surface area (Å²) >= 11 is 1.29. The van der Waals surface area contributed by atoms with E-state index in [4.69, 9.17) is 4.74 Å². The molecule has 190 valence electrons. The molecule has 0 spiro atoms. The van der Waals surface area contributed by atoms with Gasteiger partial charge in [-0.25, -0.2) is 4.98 Å². The molecule has 4 aromatic rings. The maximum atomic E-state index is 13.1. The molecule has 0 unspecified atom stereocenters. The fraction of sp³-hybridized carbons (Fsp3) is 0.250. The highest BCUT2D eigenvalue weighted by molar-refractivity contribution is 7.17. The lowest BCUT2D eigenvalue weighted by Gasteiger charge is -2.14. The van der Waals surface area contributed by atoms with Gasteiger partial charge >= 0.3 is 0 Å². The van der Waals surface area contributed by atoms with Crippen molar-refractivity contribution in [1.82, 2.24) is 25.6 Å². The quantitative estimate of drug-likeness (QED) is 0.199. The van der Waals surface area contributed by atoms with Gasteiger partial charge in [0, 0.05) is 25.3 Å². The van der Waals surface area contributed by atoms with Crippen molar-refractivity contribution < 1.29 is 14.3 Å². The average molecular weight is 520 g/mol. The van der Waals surface area contributed by atoms with Crippen LogP contribution >= 0.6 is 11.3 Å². The van der Waals surface area contributed by atoms with Crippen LogP contribution in [0.2, 0.25) is 0 Å². The molecular formula is C24H25N9O3S. The van der Waals surface area contributed by atoms with Crippen molar-refractivity contribution in [3.05, 3.63) is 70.2 Å². The summed E-state index contributed by atoms with van der Waals surface area (Å²) in [6.45, 7) is 0.995. The van der Waals surface area contributed by atoms with Gasteiger partial charge in [-0.2, -0.15) is 5.21 Å². The smallest absolute Gasteiger partial charge is 0.270 e. The number of ether oxygens (including phenoxy) is 1. The Morgan fingerprint density at radius 1 is 1.08 bits per heavy atom. The molecular weight excluding hydrogens is 494 g/mol. The third-order valence-electron chi connectivity index (χ3n) is 5.83. The number of rotatable bonds is 10. The van der Waals surface area contributed by atoms with Gasteiger partial charge in [-0.3, -0.25) is 14.9 Å². The second-order valence-electron chi connectivity index (χ2n) is 8.37. The summed E-state index contributed by atoms with van der Waals surface area (Å²) < 4.78 is 5.10. The molecule has 1 aliphatic rings. The summed E-state index contributed by atoms with van der Waals surface area (Å²) in [6, 6.07) is 13.6. The highest BCUT2D eigenvalue weighted by Gasteiger charge is 2.22. The van der Waals surface area contributed by atoms with Gasteiger partial charge in [-0.15, -0.1) is 5.10 Å². The molecule has 5 rings (SSSR count). The number of nitrogens with zero attached hydrogens (tertiary/aromatic N) is 4. The van der Waals surface area contributed by atoms with Crippen LogP contribution in [0.1, 0.15) is 31.2 Å². The van der Waals surface area contributed by atoms with Crippen molar-refractivity contribution in [2.45, 2.75) is 18.9 Å². The normalized spacial score (nSPS) is 12.7. The van der Waals surface area contributed by atoms with Crippen LogP contribution in [-0.2, 0) is 17.6 Å². The number of thiazole rings is 1. The number of carbonyl (C=O) groups is 2. The Morgan fingerprint density at radius 3 is 2.62 bits per heavy atom. The number of aromatic amines is 1. The lowest BCUT2D eigenvalue weighted by atomic mass is 10.1. The molecule has 13 heteroatoms. The number of tetrazole rings is 1. The summed E-state index contributed by atoms with van der Waals surface area (Å²) in [5.41, 5.74) is 4.08. The molecule has 0 aliphatic heterocycles. The molecule has 37 heavy (non-hydrogen) atoms. The maximum Gasteiger partial charge on any atom is 0.270 e. The summed E-state index contributed by atoms with van der Waals surface area (Å²) in [5.74, 6) is -0.721. The molecule has 0 atom stereocenters. The zero-order valence-electron chi connectivity index (χ0n) is 19.9. The van der Waals surface area contributed by atoms with Crippen LogP contribution in [0.15, 0.2) is 48.7 Å². The van der Waals surface area contributed by atoms with Gasteiger partial charge in [0.1, 0.15) is 4.88 Å². The van der Waals surface area contributed by atoms with Crippen LogP contribution < -0.4 is 21.3 Å². The lowest BCUT2D eigenvalue weighted by Crippen LogP contribution is -2.19. The molecule has 0 saturated heterocycles. The van der Waals surface area contributed by atoms with Crippen molar-refractivity contribution in [1.29, 1.82) is 0 Å². The van der Waals surface area contributed by atoms with Crippen molar-refractivity contribution >= 4 is 45.6 Å². The highest BCUT2D eigenvalue weighted by Crippen LogP contribution is 2.28. The number of benzene rings is 2. The van der Waals surface area contributed by atoms with E-state index in [9.17, 15) is 9.59 Å². The van der Waals surface area contributed by atoms with E-state index >= 15 is 0 Å². The molecule has 2 aromatic carbocycles. The minimum Gasteiger partial charge on any atom is -0.383 e. The Hall–Kier alpha value is -4.36. The standard InChI is InChI=1S/C24H25N9O3S/c1-36-9-8-25-18-7-6-16(21(34)29-23-30-32-33-31-23)12-19(18)28-22(35)20-13-26-24(37-20)27-17-10-14-4-2-3-5-15(14)11-17/h2-7,12-13,17,25H,8-11H2,1H3,(H,26,27)(H,28,35)(H2,29,30,31,32,33,34). The van der Waals surface area contributed by atoms with E-state index in [1.54, 1.807) is 31.5 Å². The van der Waals surface area contributed by atoms with E-state index < -0.39 is 5.91 Å². The van der Waals surface area contributed by atoms with Crippen molar-refractivity contribution in [2.75, 3.05) is 41.5 Å². The van der Waals surface area contributed by atoms with Gasteiger partial charge in [0.05, 0.1) is 24.2 Å². The molecule has 2 heterocycles. The summed E-state index contributed by atoms with van der Waals surface area (Å²) in [4.78, 5) is 30.6. The molecule has 5 N–H and O–H groups in total. The van der Waals surface area contributed by atoms with Gasteiger partial charge in [0.2, 0.25) is 0 Å². The average Bonchev–Trinajstić information content (AvgIpc) is 3.66. The Bertz CT molecular complexity index is 1360. The van der Waals surface area contributed by atoms with Crippen molar-refractivity contribution in [3.63, 3.8) is 0 Å². The number of methoxy groups -OCH3 is 1. The number of anilines is 4. The molecule has 0 radical (unpaired) electrons. The van der Waals surface area contributed by atoms with Gasteiger partial charge in [-0.05, 0) is 47.4 Å². The fourth-order valence-electron chi connectivity index (χ4n) is 4.08. The number of amides is 2. The highest BCUT2D eigenvalue weighted by atomic mass is 32.1. The number of hydrogen-bond donors (Lipinski definition) is 5. The molecule has 2 amide bonds. The summed E-state index contributed by atoms with van der Waals surface area (Å²) in [6.07, 6.45) is 3.40. The van der Waals surface area contributed by atoms with E-state index in [0.717, 1.165) is 12.8 Å². The zero-order chi connectivity index (χ0) is 25.6. The largest absolute Gasteiger partial charge is 0.383 e. The van der Waals surface area contributed by atoms with Crippen LogP contribution in [0.25, 0.3) is 0 Å². The Morgan fingerprint density at radius 2 is 1.89 bits per heavy atom. The van der Waals surface area contributed by atoms with E-state index in [2.05, 4.69) is 71.1 Å². The van der Waals surface area contributed by atoms with Crippen molar-refractivity contribution in [2.24, 2.45) is 0 Å². The fourth-order valence-corrected chi connectivity index (χ4v) is 4.87. The molecule has 0 fully saturated rings. The number of hydrogen-bond acceptors (Lipinski definition) is 10. The van der Waals surface area contributed by atoms with Crippen LogP contribution in [-0.4, -0.2) is 63.7 Å². The first-order valence-corrected chi connectivity index (χ1v) is 12.4. The number of fused-ring (bicyclic) bond motifs is 1. The topological polar surface area (TPSA) is 159 Å². The third kappa shape index (κ3) is 5.90. The number of aromatic nitrogens is 5. The van der Waals surface area contributed by atoms with Gasteiger partial charge < -0.3 is 20.7 Å². The Kier molecular flexibility index (Phi) is 7.33. The number of H-pyrrole nitrogens is 1. The van der Waals surface area contributed by atoms with E-state index in [1.165, 1.54) is 22.5 Å². The van der Waals surface area contributed by atoms with Crippen molar-refractivity contribution in [3.8, 4) is 0 Å². The van der Waals surface area contributed by atoms with Crippen LogP contribution in [0.4, 0.5) is 22.5 Å². The van der Waals surface area contributed by atoms with Gasteiger partial charge in [0.15, 0.2) is 5.13 Å². The first kappa shape index (κ1) is 24.3. The summed E-state index contributed by atoms with van der Waals surface area (Å²) in [5, 5.41) is 25.9. The predicted molar refractivity (Wildman–Crippen MR) is 140 cm³/mol. The molecule has 2 aromatic heterocycles. The van der Waals surface area contributed by atoms with Gasteiger partial charge in [-0.1, -0.05) is 40.7 Å². The lowest BCUT2D eigenvalue weighted by molar-refractivity contribution is 0.101. The van der Waals surface area contributed by atoms with Crippen LogP contribution in [0.5, 0.6) is 0 Å². The van der Waals surface area contributed by atoms with E-state index in [-0.39, 0.29) is 17.9 Å². The number of carbonyl (C=O) groups excluding carboxylic acids is 2. The monoisotopic (exact) mass is 519 g/mol. The Labute approximate surface area is 216 Å². The molecule has 12 nitrogen and oxygen atoms in total. The minimum atomic E-state index is -0.442. The number of nitrogens with one attached hydrogen (secondary N) is 5. The van der Waals surface area contributed by atoms with Crippen LogP contribution in [0.3, 0.4) is 0 Å². The molecule has 1 aliphatic carbocycles. The SMILES string of the molecule is COCCNc1ccc(C(=O)Nc2nn[nH]n2)cc1NC(=O)c1cnc(NC2Cc3ccccc3C2)s1. The first-order valence-electron chi connectivity index (χ1n) is 11.6. The third-order valence-corrected chi connectivity index (χ3v) is 6.76.